The number of hydrogen-bond donors (Lipinski definition) is 1. The minimum atomic E-state index is -0.267. The van der Waals surface area contributed by atoms with E-state index >= 15 is 0 Å². The van der Waals surface area contributed by atoms with Gasteiger partial charge >= 0.3 is 0 Å². The second kappa shape index (κ2) is 9.84. The molecule has 0 aliphatic carbocycles. The molecule has 0 bridgehead atoms. The van der Waals surface area contributed by atoms with Crippen molar-refractivity contribution < 1.29 is 4.79 Å². The van der Waals surface area contributed by atoms with Gasteiger partial charge in [0.15, 0.2) is 0 Å². The number of amides is 1. The molecule has 0 saturated carbocycles. The van der Waals surface area contributed by atoms with Gasteiger partial charge in [0.1, 0.15) is 6.07 Å². The topological polar surface area (TPSA) is 83.2 Å². The van der Waals surface area contributed by atoms with Crippen LogP contribution in [0.25, 0.3) is 0 Å². The van der Waals surface area contributed by atoms with Gasteiger partial charge in [-0.15, -0.1) is 0 Å². The van der Waals surface area contributed by atoms with E-state index in [0.717, 1.165) is 39.1 Å². The van der Waals surface area contributed by atoms with E-state index in [1.807, 2.05) is 37.3 Å². The molecule has 6 nitrogen and oxygen atoms in total. The fourth-order valence-corrected chi connectivity index (χ4v) is 3.57. The lowest BCUT2D eigenvalue weighted by atomic mass is 10.1. The summed E-state index contributed by atoms with van der Waals surface area (Å²) in [5.74, 6) is -0.0896. The Morgan fingerprint density at radius 1 is 1.03 bits per heavy atom. The molecule has 148 valence electrons. The molecule has 2 aromatic carbocycles. The van der Waals surface area contributed by atoms with Gasteiger partial charge in [0, 0.05) is 26.2 Å². The summed E-state index contributed by atoms with van der Waals surface area (Å²) < 4.78 is 0. The second-order valence-electron chi connectivity index (χ2n) is 7.30. The number of benzene rings is 2. The number of nitrogens with zero attached hydrogens (tertiary/aromatic N) is 4. The molecule has 1 unspecified atom stereocenters. The maximum Gasteiger partial charge on any atom is 0.241 e. The largest absolute Gasteiger partial charge is 0.324 e. The van der Waals surface area contributed by atoms with Crippen molar-refractivity contribution >= 4 is 11.6 Å². The van der Waals surface area contributed by atoms with Gasteiger partial charge in [-0.3, -0.25) is 14.6 Å². The highest BCUT2D eigenvalue weighted by Crippen LogP contribution is 2.16. The third-order valence-electron chi connectivity index (χ3n) is 5.34. The van der Waals surface area contributed by atoms with E-state index < -0.39 is 0 Å². The van der Waals surface area contributed by atoms with E-state index in [1.165, 1.54) is 5.56 Å². The Morgan fingerprint density at radius 2 is 1.79 bits per heavy atom. The van der Waals surface area contributed by atoms with Gasteiger partial charge in [0.2, 0.25) is 5.91 Å². The Kier molecular flexibility index (Phi) is 6.97. The van der Waals surface area contributed by atoms with Crippen LogP contribution in [0.3, 0.4) is 0 Å². The monoisotopic (exact) mass is 387 g/mol. The Bertz CT molecular complexity index is 926. The zero-order valence-corrected chi connectivity index (χ0v) is 16.6. The molecule has 3 rings (SSSR count). The van der Waals surface area contributed by atoms with Crippen LogP contribution in [0.5, 0.6) is 0 Å². The summed E-state index contributed by atoms with van der Waals surface area (Å²) in [6.45, 7) is 6.29. The fraction of sp³-hybridized carbons (Fsp3) is 0.348. The maximum atomic E-state index is 12.7. The molecule has 0 radical (unpaired) electrons. The summed E-state index contributed by atoms with van der Waals surface area (Å²) in [7, 11) is 0. The van der Waals surface area contributed by atoms with Gasteiger partial charge in [-0.1, -0.05) is 24.3 Å². The Balaban J connectivity index is 1.56. The highest BCUT2D eigenvalue weighted by molar-refractivity contribution is 5.95. The van der Waals surface area contributed by atoms with E-state index in [0.29, 0.717) is 16.8 Å². The number of nitriles is 2. The summed E-state index contributed by atoms with van der Waals surface area (Å²) in [6, 6.07) is 18.8. The highest BCUT2D eigenvalue weighted by atomic mass is 16.2. The molecule has 1 atom stereocenters. The lowest BCUT2D eigenvalue weighted by Gasteiger charge is -2.27. The number of nitrogens with one attached hydrogen (secondary N) is 1. The SMILES string of the molecule is CC(C(=O)Nc1ccccc1C#N)N1CCCN(Cc2ccc(C#N)cc2)CC1. The van der Waals surface area contributed by atoms with Crippen LogP contribution in [-0.2, 0) is 11.3 Å². The molecule has 1 aliphatic heterocycles. The van der Waals surface area contributed by atoms with Crippen molar-refractivity contribution in [2.45, 2.75) is 25.9 Å². The predicted molar refractivity (Wildman–Crippen MR) is 112 cm³/mol. The van der Waals surface area contributed by atoms with Crippen molar-refractivity contribution in [3.05, 3.63) is 65.2 Å². The molecule has 1 fully saturated rings. The molecule has 0 aromatic heterocycles. The fourth-order valence-electron chi connectivity index (χ4n) is 3.57. The molecular weight excluding hydrogens is 362 g/mol. The Labute approximate surface area is 172 Å². The zero-order valence-electron chi connectivity index (χ0n) is 16.6. The number of carbonyl (C=O) groups is 1. The summed E-state index contributed by atoms with van der Waals surface area (Å²) in [4.78, 5) is 17.3. The molecule has 1 saturated heterocycles. The van der Waals surface area contributed by atoms with Gasteiger partial charge in [0.05, 0.1) is 28.9 Å². The molecule has 1 amide bonds. The summed E-state index contributed by atoms with van der Waals surface area (Å²) in [5.41, 5.74) is 2.89. The van der Waals surface area contributed by atoms with Crippen LogP contribution >= 0.6 is 0 Å². The van der Waals surface area contributed by atoms with E-state index in [2.05, 4.69) is 27.3 Å². The van der Waals surface area contributed by atoms with E-state index in [1.54, 1.807) is 18.2 Å². The van der Waals surface area contributed by atoms with Crippen LogP contribution in [0.15, 0.2) is 48.5 Å². The molecule has 2 aromatic rings. The van der Waals surface area contributed by atoms with E-state index in [4.69, 9.17) is 5.26 Å². The molecule has 1 N–H and O–H groups in total. The van der Waals surface area contributed by atoms with Crippen molar-refractivity contribution in [2.75, 3.05) is 31.5 Å². The lowest BCUT2D eigenvalue weighted by Crippen LogP contribution is -2.44. The van der Waals surface area contributed by atoms with Crippen molar-refractivity contribution in [1.82, 2.24) is 9.80 Å². The maximum absolute atomic E-state index is 12.7. The van der Waals surface area contributed by atoms with Crippen LogP contribution in [0.2, 0.25) is 0 Å². The Morgan fingerprint density at radius 3 is 2.52 bits per heavy atom. The quantitative estimate of drug-likeness (QED) is 0.853. The van der Waals surface area contributed by atoms with Crippen LogP contribution in [-0.4, -0.2) is 47.9 Å². The van der Waals surface area contributed by atoms with Gasteiger partial charge in [-0.25, -0.2) is 0 Å². The summed E-state index contributed by atoms with van der Waals surface area (Å²) in [6.07, 6.45) is 0.989. The first-order chi connectivity index (χ1) is 14.1. The van der Waals surface area contributed by atoms with Gasteiger partial charge in [-0.05, 0) is 49.7 Å². The Hall–Kier alpha value is -3.19. The van der Waals surface area contributed by atoms with Crippen molar-refractivity contribution in [3.63, 3.8) is 0 Å². The first-order valence-electron chi connectivity index (χ1n) is 9.86. The first-order valence-corrected chi connectivity index (χ1v) is 9.86. The van der Waals surface area contributed by atoms with Crippen LogP contribution in [0.4, 0.5) is 5.69 Å². The molecule has 6 heteroatoms. The normalized spacial score (nSPS) is 16.2. The molecule has 29 heavy (non-hydrogen) atoms. The van der Waals surface area contributed by atoms with Crippen molar-refractivity contribution in [1.29, 1.82) is 10.5 Å². The number of anilines is 1. The summed E-state index contributed by atoms with van der Waals surface area (Å²) in [5, 5.41) is 21.0. The third kappa shape index (κ3) is 5.42. The summed E-state index contributed by atoms with van der Waals surface area (Å²) >= 11 is 0. The second-order valence-corrected chi connectivity index (χ2v) is 7.30. The van der Waals surface area contributed by atoms with Crippen molar-refractivity contribution in [2.24, 2.45) is 0 Å². The van der Waals surface area contributed by atoms with E-state index in [9.17, 15) is 10.1 Å². The molecule has 0 spiro atoms. The molecule has 1 aliphatic rings. The highest BCUT2D eigenvalue weighted by Gasteiger charge is 2.24. The van der Waals surface area contributed by atoms with Crippen LogP contribution < -0.4 is 5.32 Å². The van der Waals surface area contributed by atoms with Crippen LogP contribution in [0.1, 0.15) is 30.0 Å². The number of rotatable bonds is 5. The van der Waals surface area contributed by atoms with Gasteiger partial charge in [-0.2, -0.15) is 10.5 Å². The zero-order chi connectivity index (χ0) is 20.6. The average Bonchev–Trinajstić information content (AvgIpc) is 2.99. The molecule has 1 heterocycles. The minimum Gasteiger partial charge on any atom is -0.324 e. The third-order valence-corrected chi connectivity index (χ3v) is 5.34. The first kappa shape index (κ1) is 20.5. The van der Waals surface area contributed by atoms with Gasteiger partial charge in [0.25, 0.3) is 0 Å². The number of carbonyl (C=O) groups excluding carboxylic acids is 1. The van der Waals surface area contributed by atoms with Crippen LogP contribution in [0, 0.1) is 22.7 Å². The smallest absolute Gasteiger partial charge is 0.241 e. The van der Waals surface area contributed by atoms with Crippen molar-refractivity contribution in [3.8, 4) is 12.1 Å². The van der Waals surface area contributed by atoms with Gasteiger partial charge < -0.3 is 5.32 Å². The minimum absolute atomic E-state index is 0.0896. The lowest BCUT2D eigenvalue weighted by molar-refractivity contribution is -0.120. The van der Waals surface area contributed by atoms with E-state index in [-0.39, 0.29) is 11.9 Å². The number of para-hydroxylation sites is 1. The average molecular weight is 387 g/mol. The standard InChI is InChI=1S/C23H25N5O/c1-18(23(29)26-22-6-3-2-5-21(22)16-25)28-12-4-11-27(13-14-28)17-20-9-7-19(15-24)8-10-20/h2-3,5-10,18H,4,11-14,17H2,1H3,(H,26,29). The number of hydrogen-bond acceptors (Lipinski definition) is 5. The molecular formula is C23H25N5O. The predicted octanol–water partition coefficient (Wildman–Crippen LogP) is 2.96.